The Kier molecular flexibility index (Phi) is 5.29. The average Bonchev–Trinajstić information content (AvgIpc) is 2.38. The van der Waals surface area contributed by atoms with Gasteiger partial charge in [0.05, 0.1) is 6.04 Å². The van der Waals surface area contributed by atoms with E-state index in [1.165, 1.54) is 12.1 Å². The number of hydrogen-bond donors (Lipinski definition) is 2. The van der Waals surface area contributed by atoms with Crippen molar-refractivity contribution in [2.75, 3.05) is 13.6 Å². The fraction of sp³-hybridized carbons (Fsp3) is 0.385. The fourth-order valence-corrected chi connectivity index (χ4v) is 1.41. The van der Waals surface area contributed by atoms with Crippen LogP contribution < -0.4 is 11.5 Å². The molecule has 0 radical (unpaired) electrons. The molecule has 0 bridgehead atoms. The minimum atomic E-state index is -0.278. The average molecular weight is 265 g/mol. The van der Waals surface area contributed by atoms with E-state index < -0.39 is 0 Å². The zero-order chi connectivity index (χ0) is 14.4. The third kappa shape index (κ3) is 4.57. The number of halogens is 1. The number of rotatable bonds is 3. The van der Waals surface area contributed by atoms with Crippen LogP contribution in [0, 0.1) is 5.82 Å². The molecule has 6 heteroatoms. The second kappa shape index (κ2) is 6.72. The van der Waals surface area contributed by atoms with Crippen LogP contribution >= 0.6 is 0 Å². The van der Waals surface area contributed by atoms with Gasteiger partial charge in [0, 0.05) is 13.6 Å². The number of aliphatic imine (C=N–C) groups is 2. The van der Waals surface area contributed by atoms with E-state index >= 15 is 0 Å². The quantitative estimate of drug-likeness (QED) is 0.641. The van der Waals surface area contributed by atoms with Gasteiger partial charge in [0.15, 0.2) is 5.96 Å². The molecule has 0 saturated heterocycles. The first-order chi connectivity index (χ1) is 8.93. The Hall–Kier alpha value is -2.11. The van der Waals surface area contributed by atoms with Gasteiger partial charge in [-0.15, -0.1) is 0 Å². The van der Waals surface area contributed by atoms with Gasteiger partial charge in [-0.2, -0.15) is 4.99 Å². The summed E-state index contributed by atoms with van der Waals surface area (Å²) in [6.45, 7) is 4.54. The Morgan fingerprint density at radius 2 is 1.89 bits per heavy atom. The highest BCUT2D eigenvalue weighted by Crippen LogP contribution is 2.16. The standard InChI is InChI=1S/C13H20FN5/c1-4-19(3)13(16)18-12(15)17-9(2)10-5-7-11(14)8-6-10/h5-9H,4H2,1-3H3,(H4,15,16,17,18). The molecular weight excluding hydrogens is 245 g/mol. The summed E-state index contributed by atoms with van der Waals surface area (Å²) in [4.78, 5) is 9.97. The molecule has 104 valence electrons. The number of nitrogens with zero attached hydrogens (tertiary/aromatic N) is 3. The van der Waals surface area contributed by atoms with Crippen LogP contribution in [0.3, 0.4) is 0 Å². The van der Waals surface area contributed by atoms with Crippen molar-refractivity contribution in [2.45, 2.75) is 19.9 Å². The van der Waals surface area contributed by atoms with E-state index in [1.807, 2.05) is 20.9 Å². The molecule has 0 saturated carbocycles. The Balaban J connectivity index is 2.81. The highest BCUT2D eigenvalue weighted by Gasteiger charge is 2.05. The van der Waals surface area contributed by atoms with Gasteiger partial charge in [-0.25, -0.2) is 9.38 Å². The molecule has 0 heterocycles. The van der Waals surface area contributed by atoms with Gasteiger partial charge in [-0.05, 0) is 31.5 Å². The van der Waals surface area contributed by atoms with Crippen LogP contribution in [0.15, 0.2) is 34.3 Å². The van der Waals surface area contributed by atoms with E-state index in [-0.39, 0.29) is 17.8 Å². The third-order valence-electron chi connectivity index (χ3n) is 2.77. The van der Waals surface area contributed by atoms with Gasteiger partial charge in [-0.1, -0.05) is 12.1 Å². The molecule has 1 unspecified atom stereocenters. The molecular formula is C13H20FN5. The number of hydrogen-bond acceptors (Lipinski definition) is 1. The van der Waals surface area contributed by atoms with Crippen molar-refractivity contribution in [1.82, 2.24) is 4.90 Å². The lowest BCUT2D eigenvalue weighted by Crippen LogP contribution is -2.35. The Morgan fingerprint density at radius 1 is 1.32 bits per heavy atom. The van der Waals surface area contributed by atoms with Gasteiger partial charge < -0.3 is 16.4 Å². The first kappa shape index (κ1) is 14.9. The van der Waals surface area contributed by atoms with Crippen LogP contribution in [0.2, 0.25) is 0 Å². The second-order valence-electron chi connectivity index (χ2n) is 4.20. The summed E-state index contributed by atoms with van der Waals surface area (Å²) in [6.07, 6.45) is 0. The molecule has 4 N–H and O–H groups in total. The molecule has 19 heavy (non-hydrogen) atoms. The van der Waals surface area contributed by atoms with Crippen LogP contribution in [0.4, 0.5) is 4.39 Å². The first-order valence-electron chi connectivity index (χ1n) is 6.08. The zero-order valence-corrected chi connectivity index (χ0v) is 11.5. The highest BCUT2D eigenvalue weighted by atomic mass is 19.1. The summed E-state index contributed by atoms with van der Waals surface area (Å²) in [5.41, 5.74) is 12.3. The van der Waals surface area contributed by atoms with Crippen molar-refractivity contribution in [3.63, 3.8) is 0 Å². The van der Waals surface area contributed by atoms with Crippen molar-refractivity contribution >= 4 is 11.9 Å². The fourth-order valence-electron chi connectivity index (χ4n) is 1.41. The molecule has 0 spiro atoms. The maximum Gasteiger partial charge on any atom is 0.219 e. The lowest BCUT2D eigenvalue weighted by Gasteiger charge is -2.14. The Morgan fingerprint density at radius 3 is 2.42 bits per heavy atom. The number of guanidine groups is 2. The van der Waals surface area contributed by atoms with Gasteiger partial charge in [-0.3, -0.25) is 0 Å². The van der Waals surface area contributed by atoms with Crippen LogP contribution in [-0.2, 0) is 0 Å². The van der Waals surface area contributed by atoms with E-state index in [2.05, 4.69) is 9.98 Å². The highest BCUT2D eigenvalue weighted by molar-refractivity contribution is 5.93. The van der Waals surface area contributed by atoms with Crippen LogP contribution in [0.1, 0.15) is 25.5 Å². The van der Waals surface area contributed by atoms with Crippen LogP contribution in [0.5, 0.6) is 0 Å². The maximum absolute atomic E-state index is 12.8. The Bertz CT molecular complexity index is 466. The van der Waals surface area contributed by atoms with E-state index in [0.29, 0.717) is 5.96 Å². The van der Waals surface area contributed by atoms with E-state index in [0.717, 1.165) is 12.1 Å². The van der Waals surface area contributed by atoms with Crippen molar-refractivity contribution in [2.24, 2.45) is 21.5 Å². The lowest BCUT2D eigenvalue weighted by atomic mass is 10.1. The minimum absolute atomic E-state index is 0.106. The minimum Gasteiger partial charge on any atom is -0.369 e. The van der Waals surface area contributed by atoms with Gasteiger partial charge in [0.25, 0.3) is 0 Å². The van der Waals surface area contributed by atoms with E-state index in [9.17, 15) is 4.39 Å². The van der Waals surface area contributed by atoms with Gasteiger partial charge in [0.2, 0.25) is 5.96 Å². The topological polar surface area (TPSA) is 80.0 Å². The monoisotopic (exact) mass is 265 g/mol. The summed E-state index contributed by atoms with van der Waals surface area (Å²) >= 11 is 0. The largest absolute Gasteiger partial charge is 0.369 e. The SMILES string of the molecule is CCN(C)/C(N)=N/C(N)=NC(C)c1ccc(F)cc1. The third-order valence-corrected chi connectivity index (χ3v) is 2.77. The first-order valence-corrected chi connectivity index (χ1v) is 6.08. The summed E-state index contributed by atoms with van der Waals surface area (Å²) < 4.78 is 12.8. The molecule has 1 rings (SSSR count). The molecule has 0 amide bonds. The molecule has 1 atom stereocenters. The van der Waals surface area contributed by atoms with Crippen LogP contribution in [0.25, 0.3) is 0 Å². The molecule has 5 nitrogen and oxygen atoms in total. The molecule has 0 aliphatic carbocycles. The van der Waals surface area contributed by atoms with Crippen molar-refractivity contribution < 1.29 is 4.39 Å². The van der Waals surface area contributed by atoms with E-state index in [1.54, 1.807) is 17.0 Å². The van der Waals surface area contributed by atoms with Crippen LogP contribution in [-0.4, -0.2) is 30.4 Å². The van der Waals surface area contributed by atoms with Crippen molar-refractivity contribution in [3.8, 4) is 0 Å². The lowest BCUT2D eigenvalue weighted by molar-refractivity contribution is 0.530. The summed E-state index contributed by atoms with van der Waals surface area (Å²) in [5, 5.41) is 0. The number of benzene rings is 1. The molecule has 1 aromatic rings. The second-order valence-corrected chi connectivity index (χ2v) is 4.20. The predicted molar refractivity (Wildman–Crippen MR) is 76.4 cm³/mol. The number of nitrogens with two attached hydrogens (primary N) is 2. The predicted octanol–water partition coefficient (Wildman–Crippen LogP) is 1.47. The summed E-state index contributed by atoms with van der Waals surface area (Å²) in [5.74, 6) is 0.143. The van der Waals surface area contributed by atoms with E-state index in [4.69, 9.17) is 11.5 Å². The van der Waals surface area contributed by atoms with Gasteiger partial charge >= 0.3 is 0 Å². The normalized spacial score (nSPS) is 14.3. The maximum atomic E-state index is 12.8. The molecule has 0 fully saturated rings. The summed E-state index contributed by atoms with van der Waals surface area (Å²) in [7, 11) is 1.81. The Labute approximate surface area is 112 Å². The molecule has 0 aliphatic rings. The van der Waals surface area contributed by atoms with Crippen molar-refractivity contribution in [3.05, 3.63) is 35.6 Å². The molecule has 0 aromatic heterocycles. The molecule has 1 aromatic carbocycles. The van der Waals surface area contributed by atoms with Crippen molar-refractivity contribution in [1.29, 1.82) is 0 Å². The van der Waals surface area contributed by atoms with Gasteiger partial charge in [0.1, 0.15) is 5.82 Å². The summed E-state index contributed by atoms with van der Waals surface area (Å²) in [6, 6.07) is 5.91. The molecule has 0 aliphatic heterocycles. The smallest absolute Gasteiger partial charge is 0.219 e. The zero-order valence-electron chi connectivity index (χ0n) is 11.5.